The van der Waals surface area contributed by atoms with Crippen molar-refractivity contribution in [3.8, 4) is 17.2 Å². The van der Waals surface area contributed by atoms with Crippen LogP contribution in [0.3, 0.4) is 0 Å². The predicted molar refractivity (Wildman–Crippen MR) is 104 cm³/mol. The largest absolute Gasteiger partial charge is 0.506 e. The summed E-state index contributed by atoms with van der Waals surface area (Å²) in [6.45, 7) is 1.76. The summed E-state index contributed by atoms with van der Waals surface area (Å²) in [4.78, 5) is 12.3. The van der Waals surface area contributed by atoms with Crippen molar-refractivity contribution in [3.63, 3.8) is 0 Å². The van der Waals surface area contributed by atoms with E-state index in [1.807, 2.05) is 0 Å². The molecule has 0 aliphatic heterocycles. The normalized spacial score (nSPS) is 10.1. The predicted octanol–water partition coefficient (Wildman–Crippen LogP) is 3.61. The third-order valence-corrected chi connectivity index (χ3v) is 4.19. The average Bonchev–Trinajstić information content (AvgIpc) is 2.58. The average molecular weight is 425 g/mol. The van der Waals surface area contributed by atoms with Crippen molar-refractivity contribution >= 4 is 44.9 Å². The molecule has 0 atom stereocenters. The van der Waals surface area contributed by atoms with Gasteiger partial charge in [0.15, 0.2) is 16.6 Å². The molecule has 0 unspecified atom stereocenters. The maximum absolute atomic E-state index is 12.3. The highest BCUT2D eigenvalue weighted by molar-refractivity contribution is 9.10. The van der Waals surface area contributed by atoms with Crippen LogP contribution in [0.2, 0.25) is 0 Å². The minimum atomic E-state index is -0.381. The molecule has 2 aromatic rings. The number of halogens is 1. The summed E-state index contributed by atoms with van der Waals surface area (Å²) in [6.07, 6.45) is 0. The monoisotopic (exact) mass is 424 g/mol. The minimum Gasteiger partial charge on any atom is -0.506 e. The molecule has 0 saturated carbocycles. The van der Waals surface area contributed by atoms with Gasteiger partial charge in [-0.2, -0.15) is 0 Å². The first kappa shape index (κ1) is 19.0. The first-order valence-corrected chi connectivity index (χ1v) is 8.39. The summed E-state index contributed by atoms with van der Waals surface area (Å²) in [5.41, 5.74) is 1.69. The lowest BCUT2D eigenvalue weighted by Crippen LogP contribution is -2.34. The van der Waals surface area contributed by atoms with E-state index >= 15 is 0 Å². The van der Waals surface area contributed by atoms with Crippen LogP contribution >= 0.6 is 28.1 Å². The Morgan fingerprint density at radius 2 is 1.84 bits per heavy atom. The standard InChI is InChI=1S/C17H17BrN2O4S/c1-9-6-11(8-12(18)15(9)21)19-17(25)20-16(22)10-4-5-13(23-2)14(7-10)24-3/h4-8,21H,1-3H3,(H2,19,20,22,25). The number of aryl methyl sites for hydroxylation is 1. The van der Waals surface area contributed by atoms with Crippen LogP contribution in [0, 0.1) is 6.92 Å². The molecule has 0 aliphatic carbocycles. The fourth-order valence-corrected chi connectivity index (χ4v) is 2.89. The number of ether oxygens (including phenoxy) is 2. The molecular weight excluding hydrogens is 408 g/mol. The van der Waals surface area contributed by atoms with Crippen LogP contribution in [0.25, 0.3) is 0 Å². The highest BCUT2D eigenvalue weighted by Crippen LogP contribution is 2.31. The maximum Gasteiger partial charge on any atom is 0.257 e. The maximum atomic E-state index is 12.3. The zero-order valence-corrected chi connectivity index (χ0v) is 16.2. The van der Waals surface area contributed by atoms with Crippen molar-refractivity contribution in [3.05, 3.63) is 45.9 Å². The van der Waals surface area contributed by atoms with E-state index in [1.54, 1.807) is 37.3 Å². The lowest BCUT2D eigenvalue weighted by Gasteiger charge is -2.13. The molecule has 2 aromatic carbocycles. The lowest BCUT2D eigenvalue weighted by molar-refractivity contribution is 0.0977. The number of amides is 1. The van der Waals surface area contributed by atoms with E-state index < -0.39 is 0 Å². The van der Waals surface area contributed by atoms with Gasteiger partial charge in [-0.15, -0.1) is 0 Å². The number of nitrogens with one attached hydrogen (secondary N) is 2. The molecule has 0 bridgehead atoms. The van der Waals surface area contributed by atoms with E-state index in [9.17, 15) is 9.90 Å². The van der Waals surface area contributed by atoms with Gasteiger partial charge in [0.25, 0.3) is 5.91 Å². The molecule has 0 spiro atoms. The number of anilines is 1. The smallest absolute Gasteiger partial charge is 0.257 e. The second-order valence-electron chi connectivity index (χ2n) is 5.10. The van der Waals surface area contributed by atoms with Crippen molar-refractivity contribution in [2.75, 3.05) is 19.5 Å². The molecule has 0 fully saturated rings. The van der Waals surface area contributed by atoms with Gasteiger partial charge >= 0.3 is 0 Å². The summed E-state index contributed by atoms with van der Waals surface area (Å²) in [5.74, 6) is 0.759. The van der Waals surface area contributed by atoms with E-state index in [2.05, 4.69) is 26.6 Å². The molecule has 132 valence electrons. The Bertz CT molecular complexity index is 803. The van der Waals surface area contributed by atoms with Gasteiger partial charge in [-0.3, -0.25) is 10.1 Å². The van der Waals surface area contributed by atoms with Gasteiger partial charge in [0, 0.05) is 11.3 Å². The molecule has 0 aromatic heterocycles. The van der Waals surface area contributed by atoms with Crippen LogP contribution in [0.5, 0.6) is 17.2 Å². The second kappa shape index (κ2) is 8.17. The Morgan fingerprint density at radius 1 is 1.16 bits per heavy atom. The van der Waals surface area contributed by atoms with E-state index in [0.717, 1.165) is 0 Å². The SMILES string of the molecule is COc1ccc(C(=O)NC(=S)Nc2cc(C)c(O)c(Br)c2)cc1OC. The first-order valence-electron chi connectivity index (χ1n) is 7.19. The van der Waals surface area contributed by atoms with Crippen LogP contribution in [0.15, 0.2) is 34.8 Å². The van der Waals surface area contributed by atoms with E-state index in [0.29, 0.717) is 32.8 Å². The van der Waals surface area contributed by atoms with Gasteiger partial charge in [-0.25, -0.2) is 0 Å². The molecule has 6 nitrogen and oxygen atoms in total. The third kappa shape index (κ3) is 4.61. The molecule has 0 saturated heterocycles. The molecule has 0 aliphatic rings. The zero-order chi connectivity index (χ0) is 18.6. The molecule has 8 heteroatoms. The number of carbonyl (C=O) groups excluding carboxylic acids is 1. The summed E-state index contributed by atoms with van der Waals surface area (Å²) < 4.78 is 10.9. The quantitative estimate of drug-likeness (QED) is 0.513. The second-order valence-corrected chi connectivity index (χ2v) is 6.36. The number of carbonyl (C=O) groups is 1. The Balaban J connectivity index is 2.09. The fraction of sp³-hybridized carbons (Fsp3) is 0.176. The van der Waals surface area contributed by atoms with Crippen molar-refractivity contribution in [1.82, 2.24) is 5.32 Å². The Morgan fingerprint density at radius 3 is 2.44 bits per heavy atom. The van der Waals surface area contributed by atoms with Gasteiger partial charge in [-0.1, -0.05) is 0 Å². The van der Waals surface area contributed by atoms with Crippen molar-refractivity contribution < 1.29 is 19.4 Å². The Labute approximate surface area is 159 Å². The molecule has 25 heavy (non-hydrogen) atoms. The number of methoxy groups -OCH3 is 2. The van der Waals surface area contributed by atoms with Gasteiger partial charge in [-0.05, 0) is 71.0 Å². The number of benzene rings is 2. The van der Waals surface area contributed by atoms with Crippen LogP contribution in [0.1, 0.15) is 15.9 Å². The molecule has 1 amide bonds. The van der Waals surface area contributed by atoms with Crippen LogP contribution in [-0.4, -0.2) is 30.3 Å². The first-order chi connectivity index (χ1) is 11.8. The van der Waals surface area contributed by atoms with Crippen molar-refractivity contribution in [2.24, 2.45) is 0 Å². The number of phenolic OH excluding ortho intramolecular Hbond substituents is 1. The van der Waals surface area contributed by atoms with E-state index in [4.69, 9.17) is 21.7 Å². The lowest BCUT2D eigenvalue weighted by atomic mass is 10.2. The van der Waals surface area contributed by atoms with Crippen LogP contribution in [0.4, 0.5) is 5.69 Å². The minimum absolute atomic E-state index is 0.136. The fourth-order valence-electron chi connectivity index (χ4n) is 2.12. The molecule has 2 rings (SSSR count). The van der Waals surface area contributed by atoms with Gasteiger partial charge in [0.2, 0.25) is 0 Å². The number of rotatable bonds is 4. The number of phenols is 1. The van der Waals surface area contributed by atoms with Gasteiger partial charge in [0.05, 0.1) is 18.7 Å². The highest BCUT2D eigenvalue weighted by Gasteiger charge is 2.13. The molecule has 0 heterocycles. The third-order valence-electron chi connectivity index (χ3n) is 3.38. The van der Waals surface area contributed by atoms with E-state index in [1.165, 1.54) is 14.2 Å². The van der Waals surface area contributed by atoms with E-state index in [-0.39, 0.29) is 16.8 Å². The van der Waals surface area contributed by atoms with Crippen LogP contribution < -0.4 is 20.1 Å². The number of thiocarbonyl (C=S) groups is 1. The number of hydrogen-bond donors (Lipinski definition) is 3. The topological polar surface area (TPSA) is 79.8 Å². The molecule has 3 N–H and O–H groups in total. The van der Waals surface area contributed by atoms with Crippen molar-refractivity contribution in [1.29, 1.82) is 0 Å². The summed E-state index contributed by atoms with van der Waals surface area (Å²) in [6, 6.07) is 8.20. The van der Waals surface area contributed by atoms with Gasteiger partial charge in [0.1, 0.15) is 5.75 Å². The van der Waals surface area contributed by atoms with Crippen LogP contribution in [-0.2, 0) is 0 Å². The summed E-state index contributed by atoms with van der Waals surface area (Å²) in [7, 11) is 3.02. The molecule has 0 radical (unpaired) electrons. The summed E-state index contributed by atoms with van der Waals surface area (Å²) >= 11 is 8.42. The summed E-state index contributed by atoms with van der Waals surface area (Å²) in [5, 5.41) is 15.4. The highest BCUT2D eigenvalue weighted by atomic mass is 79.9. The van der Waals surface area contributed by atoms with Gasteiger partial charge < -0.3 is 19.9 Å². The number of aromatic hydroxyl groups is 1. The molecular formula is C17H17BrN2O4S. The number of hydrogen-bond acceptors (Lipinski definition) is 5. The Kier molecular flexibility index (Phi) is 6.22. The van der Waals surface area contributed by atoms with Crippen molar-refractivity contribution in [2.45, 2.75) is 6.92 Å². The zero-order valence-electron chi connectivity index (χ0n) is 13.8. The Hall–Kier alpha value is -2.32.